The van der Waals surface area contributed by atoms with Crippen molar-refractivity contribution in [2.24, 2.45) is 5.92 Å². The number of carbonyl (C=O) groups is 1. The van der Waals surface area contributed by atoms with Crippen LogP contribution in [0.5, 0.6) is 0 Å². The molecule has 0 unspecified atom stereocenters. The zero-order chi connectivity index (χ0) is 13.1. The van der Waals surface area contributed by atoms with Crippen molar-refractivity contribution < 1.29 is 4.79 Å². The van der Waals surface area contributed by atoms with Gasteiger partial charge in [-0.3, -0.25) is 9.69 Å². The van der Waals surface area contributed by atoms with Crippen LogP contribution in [0.25, 0.3) is 0 Å². The lowest BCUT2D eigenvalue weighted by Crippen LogP contribution is -2.29. The first kappa shape index (κ1) is 13.0. The number of carbonyl (C=O) groups excluding carboxylic acids is 1. The van der Waals surface area contributed by atoms with Crippen LogP contribution in [-0.4, -0.2) is 34.1 Å². The predicted octanol–water partition coefficient (Wildman–Crippen LogP) is 2.26. The fourth-order valence-electron chi connectivity index (χ4n) is 2.55. The van der Waals surface area contributed by atoms with Gasteiger partial charge < -0.3 is 5.32 Å². The van der Waals surface area contributed by atoms with E-state index in [1.54, 1.807) is 0 Å². The van der Waals surface area contributed by atoms with Crippen molar-refractivity contribution in [2.75, 3.05) is 18.4 Å². The Morgan fingerprint density at radius 2 is 2.00 bits per heavy atom. The molecule has 0 bridgehead atoms. The maximum absolute atomic E-state index is 11.8. The number of rotatable bonds is 4. The van der Waals surface area contributed by atoms with Crippen LogP contribution < -0.4 is 5.32 Å². The number of nitrogens with zero attached hydrogens (tertiary/aromatic N) is 3. The molecule has 2 heterocycles. The minimum Gasteiger partial charge on any atom is -0.300 e. The molecule has 5 nitrogen and oxygen atoms in total. The van der Waals surface area contributed by atoms with Crippen molar-refractivity contribution in [1.82, 2.24) is 15.1 Å². The Kier molecular flexibility index (Phi) is 4.08. The normalized spacial score (nSPS) is 21.1. The number of hydrogen-bond donors (Lipinski definition) is 1. The molecular weight excluding hydrogens is 260 g/mol. The zero-order valence-corrected chi connectivity index (χ0v) is 11.9. The third-order valence-corrected chi connectivity index (χ3v) is 4.80. The van der Waals surface area contributed by atoms with Gasteiger partial charge >= 0.3 is 0 Å². The maximum Gasteiger partial charge on any atom is 0.229 e. The molecule has 1 aliphatic heterocycles. The van der Waals surface area contributed by atoms with Crippen LogP contribution in [0.2, 0.25) is 0 Å². The molecule has 2 fully saturated rings. The van der Waals surface area contributed by atoms with Gasteiger partial charge in [-0.1, -0.05) is 24.2 Å². The quantitative estimate of drug-likeness (QED) is 0.919. The molecule has 1 saturated carbocycles. The van der Waals surface area contributed by atoms with E-state index in [0.29, 0.717) is 5.13 Å². The van der Waals surface area contributed by atoms with Gasteiger partial charge in [-0.15, -0.1) is 10.2 Å². The molecule has 1 saturated heterocycles. The largest absolute Gasteiger partial charge is 0.300 e. The minimum atomic E-state index is 0.118. The number of piperidine rings is 1. The van der Waals surface area contributed by atoms with E-state index in [-0.39, 0.29) is 11.8 Å². The molecule has 1 aromatic rings. The fraction of sp³-hybridized carbons (Fsp3) is 0.769. The number of anilines is 1. The summed E-state index contributed by atoms with van der Waals surface area (Å²) in [5, 5.41) is 12.8. The van der Waals surface area contributed by atoms with Crippen molar-refractivity contribution in [2.45, 2.75) is 45.1 Å². The first-order valence-electron chi connectivity index (χ1n) is 7.17. The van der Waals surface area contributed by atoms with Gasteiger partial charge in [0.2, 0.25) is 11.0 Å². The molecule has 6 heteroatoms. The topological polar surface area (TPSA) is 58.1 Å². The van der Waals surface area contributed by atoms with E-state index in [0.717, 1.165) is 37.5 Å². The summed E-state index contributed by atoms with van der Waals surface area (Å²) in [6.45, 7) is 3.18. The van der Waals surface area contributed by atoms with Crippen LogP contribution in [0.3, 0.4) is 0 Å². The number of nitrogens with one attached hydrogen (secondary N) is 1. The summed E-state index contributed by atoms with van der Waals surface area (Å²) in [7, 11) is 0. The van der Waals surface area contributed by atoms with E-state index < -0.39 is 0 Å². The maximum atomic E-state index is 11.8. The van der Waals surface area contributed by atoms with Gasteiger partial charge in [0, 0.05) is 5.92 Å². The van der Waals surface area contributed by atoms with Crippen LogP contribution in [0.15, 0.2) is 0 Å². The fourth-order valence-corrected chi connectivity index (χ4v) is 3.34. The highest BCUT2D eigenvalue weighted by Gasteiger charge is 2.26. The van der Waals surface area contributed by atoms with Crippen molar-refractivity contribution in [1.29, 1.82) is 0 Å². The van der Waals surface area contributed by atoms with Crippen molar-refractivity contribution in [3.05, 3.63) is 5.01 Å². The summed E-state index contributed by atoms with van der Waals surface area (Å²) in [6.07, 6.45) is 7.12. The first-order valence-corrected chi connectivity index (χ1v) is 7.98. The highest BCUT2D eigenvalue weighted by molar-refractivity contribution is 7.15. The minimum absolute atomic E-state index is 0.118. The Hall–Kier alpha value is -1.01. The summed E-state index contributed by atoms with van der Waals surface area (Å²) in [5.74, 6) is 0.321. The molecule has 1 amide bonds. The highest BCUT2D eigenvalue weighted by atomic mass is 32.1. The molecule has 1 aliphatic carbocycles. The molecule has 0 aromatic carbocycles. The third kappa shape index (κ3) is 3.30. The monoisotopic (exact) mass is 280 g/mol. The van der Waals surface area contributed by atoms with E-state index in [4.69, 9.17) is 0 Å². The van der Waals surface area contributed by atoms with Crippen molar-refractivity contribution in [3.63, 3.8) is 0 Å². The molecular formula is C13H20N4OS. The molecule has 0 spiro atoms. The molecule has 19 heavy (non-hydrogen) atoms. The SMILES string of the molecule is O=C(Nc1nnc(CN2CCCCC2)s1)C1CCC1. The Labute approximate surface area is 117 Å². The Balaban J connectivity index is 1.52. The van der Waals surface area contributed by atoms with Crippen LogP contribution >= 0.6 is 11.3 Å². The van der Waals surface area contributed by atoms with Gasteiger partial charge in [-0.05, 0) is 38.8 Å². The Bertz CT molecular complexity index is 438. The summed E-state index contributed by atoms with van der Waals surface area (Å²) < 4.78 is 0. The molecule has 3 rings (SSSR count). The van der Waals surface area contributed by atoms with Gasteiger partial charge in [0.1, 0.15) is 5.01 Å². The van der Waals surface area contributed by atoms with Gasteiger partial charge in [0.15, 0.2) is 0 Å². The second kappa shape index (κ2) is 5.96. The Morgan fingerprint density at radius 1 is 1.21 bits per heavy atom. The Morgan fingerprint density at radius 3 is 2.68 bits per heavy atom. The van der Waals surface area contributed by atoms with E-state index in [2.05, 4.69) is 20.4 Å². The average Bonchev–Trinajstić information content (AvgIpc) is 2.75. The van der Waals surface area contributed by atoms with Gasteiger partial charge in [0.25, 0.3) is 0 Å². The summed E-state index contributed by atoms with van der Waals surface area (Å²) in [4.78, 5) is 14.2. The summed E-state index contributed by atoms with van der Waals surface area (Å²) >= 11 is 1.51. The lowest BCUT2D eigenvalue weighted by atomic mass is 9.85. The third-order valence-electron chi connectivity index (χ3n) is 3.98. The van der Waals surface area contributed by atoms with E-state index in [1.165, 1.54) is 37.0 Å². The number of likely N-dealkylation sites (tertiary alicyclic amines) is 1. The molecule has 1 N–H and O–H groups in total. The first-order chi connectivity index (χ1) is 9.31. The lowest BCUT2D eigenvalue weighted by Gasteiger charge is -2.24. The van der Waals surface area contributed by atoms with E-state index >= 15 is 0 Å². The van der Waals surface area contributed by atoms with Crippen LogP contribution in [0, 0.1) is 5.92 Å². The summed E-state index contributed by atoms with van der Waals surface area (Å²) in [5.41, 5.74) is 0. The average molecular weight is 280 g/mol. The molecule has 0 atom stereocenters. The van der Waals surface area contributed by atoms with Crippen LogP contribution in [0.1, 0.15) is 43.5 Å². The van der Waals surface area contributed by atoms with Crippen LogP contribution in [0.4, 0.5) is 5.13 Å². The number of hydrogen-bond acceptors (Lipinski definition) is 5. The second-order valence-corrected chi connectivity index (χ2v) is 6.52. The molecule has 2 aliphatic rings. The number of aromatic nitrogens is 2. The summed E-state index contributed by atoms with van der Waals surface area (Å²) in [6, 6.07) is 0. The van der Waals surface area contributed by atoms with Gasteiger partial charge in [-0.25, -0.2) is 0 Å². The smallest absolute Gasteiger partial charge is 0.229 e. The predicted molar refractivity (Wildman–Crippen MR) is 75.0 cm³/mol. The lowest BCUT2D eigenvalue weighted by molar-refractivity contribution is -0.122. The van der Waals surface area contributed by atoms with E-state index in [9.17, 15) is 4.79 Å². The van der Waals surface area contributed by atoms with E-state index in [1.807, 2.05) is 0 Å². The molecule has 0 radical (unpaired) electrons. The van der Waals surface area contributed by atoms with Crippen LogP contribution in [-0.2, 0) is 11.3 Å². The van der Waals surface area contributed by atoms with Crippen molar-refractivity contribution in [3.8, 4) is 0 Å². The second-order valence-electron chi connectivity index (χ2n) is 5.45. The van der Waals surface area contributed by atoms with Gasteiger partial charge in [0.05, 0.1) is 6.54 Å². The molecule has 1 aromatic heterocycles. The number of amides is 1. The van der Waals surface area contributed by atoms with Crippen molar-refractivity contribution >= 4 is 22.4 Å². The van der Waals surface area contributed by atoms with Gasteiger partial charge in [-0.2, -0.15) is 0 Å². The zero-order valence-electron chi connectivity index (χ0n) is 11.1. The highest BCUT2D eigenvalue weighted by Crippen LogP contribution is 2.28. The standard InChI is InChI=1S/C13H20N4OS/c18-12(10-5-4-6-10)14-13-16-15-11(19-13)9-17-7-2-1-3-8-17/h10H,1-9H2,(H,14,16,18). The molecule has 104 valence electrons.